The number of rotatable bonds is 8. The van der Waals surface area contributed by atoms with Crippen molar-refractivity contribution in [3.63, 3.8) is 0 Å². The molecule has 1 heterocycles. The van der Waals surface area contributed by atoms with Crippen LogP contribution in [0.3, 0.4) is 0 Å². The number of para-hydroxylation sites is 1. The van der Waals surface area contributed by atoms with Crippen molar-refractivity contribution in [1.82, 2.24) is 14.8 Å². The molecule has 1 aromatic heterocycles. The molecule has 0 bridgehead atoms. The van der Waals surface area contributed by atoms with Gasteiger partial charge in [0.2, 0.25) is 11.1 Å². The third-order valence-corrected chi connectivity index (χ3v) is 5.78. The molecule has 1 aliphatic rings. The molecule has 8 heteroatoms. The van der Waals surface area contributed by atoms with E-state index >= 15 is 0 Å². The lowest BCUT2D eigenvalue weighted by molar-refractivity contribution is -0.115. The van der Waals surface area contributed by atoms with E-state index in [1.807, 2.05) is 41.9 Å². The lowest BCUT2D eigenvalue weighted by Gasteiger charge is -2.12. The Morgan fingerprint density at radius 3 is 2.40 bits per heavy atom. The van der Waals surface area contributed by atoms with Gasteiger partial charge < -0.3 is 14.8 Å². The smallest absolute Gasteiger partial charge is 0.237 e. The van der Waals surface area contributed by atoms with Gasteiger partial charge in [0.25, 0.3) is 0 Å². The van der Waals surface area contributed by atoms with Crippen molar-refractivity contribution in [2.24, 2.45) is 0 Å². The van der Waals surface area contributed by atoms with E-state index in [-0.39, 0.29) is 11.2 Å². The Hall–Kier alpha value is -3.00. The average Bonchev–Trinajstić information content (AvgIpc) is 3.54. The van der Waals surface area contributed by atoms with E-state index in [1.165, 1.54) is 11.8 Å². The van der Waals surface area contributed by atoms with Crippen LogP contribution in [-0.4, -0.2) is 40.1 Å². The van der Waals surface area contributed by atoms with Crippen LogP contribution in [0, 0.1) is 0 Å². The number of hydrogen-bond acceptors (Lipinski definition) is 6. The lowest BCUT2D eigenvalue weighted by Crippen LogP contribution is -2.22. The van der Waals surface area contributed by atoms with Crippen LogP contribution in [-0.2, 0) is 4.79 Å². The Morgan fingerprint density at radius 2 is 1.80 bits per heavy atom. The van der Waals surface area contributed by atoms with Crippen molar-refractivity contribution >= 4 is 23.4 Å². The molecule has 156 valence electrons. The fourth-order valence-electron chi connectivity index (χ4n) is 3.05. The number of nitrogens with zero attached hydrogens (tertiary/aromatic N) is 3. The van der Waals surface area contributed by atoms with Crippen LogP contribution >= 0.6 is 11.8 Å². The average molecular weight is 425 g/mol. The monoisotopic (exact) mass is 424 g/mol. The molecule has 1 amide bonds. The summed E-state index contributed by atoms with van der Waals surface area (Å²) in [5.41, 5.74) is 1.60. The minimum absolute atomic E-state index is 0.140. The van der Waals surface area contributed by atoms with Crippen molar-refractivity contribution in [3.8, 4) is 17.2 Å². The summed E-state index contributed by atoms with van der Waals surface area (Å²) >= 11 is 1.35. The number of nitrogens with one attached hydrogen (secondary N) is 1. The van der Waals surface area contributed by atoms with Crippen LogP contribution in [0.1, 0.15) is 31.5 Å². The summed E-state index contributed by atoms with van der Waals surface area (Å²) < 4.78 is 12.4. The Morgan fingerprint density at radius 1 is 1.13 bits per heavy atom. The largest absolute Gasteiger partial charge is 0.497 e. The molecule has 0 spiro atoms. The topological polar surface area (TPSA) is 78.3 Å². The van der Waals surface area contributed by atoms with E-state index in [0.29, 0.717) is 28.3 Å². The molecule has 3 aromatic rings. The van der Waals surface area contributed by atoms with Gasteiger partial charge in [0.05, 0.1) is 25.2 Å². The fourth-order valence-corrected chi connectivity index (χ4v) is 3.81. The lowest BCUT2D eigenvalue weighted by atomic mass is 10.2. The van der Waals surface area contributed by atoms with E-state index in [0.717, 1.165) is 24.4 Å². The first-order valence-corrected chi connectivity index (χ1v) is 10.7. The van der Waals surface area contributed by atoms with E-state index in [9.17, 15) is 4.79 Å². The predicted octanol–water partition coefficient (Wildman–Crippen LogP) is 4.28. The minimum atomic E-state index is -0.374. The molecular weight excluding hydrogens is 400 g/mol. The van der Waals surface area contributed by atoms with Crippen LogP contribution in [0.25, 0.3) is 5.69 Å². The molecule has 1 N–H and O–H groups in total. The van der Waals surface area contributed by atoms with Gasteiger partial charge in [0.1, 0.15) is 17.3 Å². The van der Waals surface area contributed by atoms with E-state index in [1.54, 1.807) is 32.4 Å². The number of anilines is 1. The first-order valence-electron chi connectivity index (χ1n) is 9.80. The summed E-state index contributed by atoms with van der Waals surface area (Å²) in [4.78, 5) is 17.5. The van der Waals surface area contributed by atoms with Gasteiger partial charge in [-0.2, -0.15) is 0 Å². The highest BCUT2D eigenvalue weighted by Crippen LogP contribution is 2.40. The standard InChI is InChI=1S/C22H24N4O3S/c1-14(21(27)23-16-11-18(28-2)13-19(12-16)29-3)30-22-24-20(15-9-10-15)26(25-22)17-7-5-4-6-8-17/h4-8,11-15H,9-10H2,1-3H3,(H,23,27). The zero-order chi connectivity index (χ0) is 21.1. The number of aromatic nitrogens is 3. The maximum absolute atomic E-state index is 12.7. The van der Waals surface area contributed by atoms with Gasteiger partial charge >= 0.3 is 0 Å². The van der Waals surface area contributed by atoms with Gasteiger partial charge in [-0.05, 0) is 31.9 Å². The quantitative estimate of drug-likeness (QED) is 0.544. The molecule has 4 rings (SSSR count). The molecule has 1 aliphatic carbocycles. The Labute approximate surface area is 179 Å². The molecular formula is C22H24N4O3S. The van der Waals surface area contributed by atoms with E-state index in [2.05, 4.69) is 10.4 Å². The number of methoxy groups -OCH3 is 2. The highest BCUT2D eigenvalue weighted by atomic mass is 32.2. The van der Waals surface area contributed by atoms with Crippen LogP contribution in [0.15, 0.2) is 53.7 Å². The highest BCUT2D eigenvalue weighted by Gasteiger charge is 2.31. The maximum atomic E-state index is 12.7. The number of benzene rings is 2. The Bertz CT molecular complexity index is 1010. The molecule has 30 heavy (non-hydrogen) atoms. The zero-order valence-corrected chi connectivity index (χ0v) is 18.0. The first kappa shape index (κ1) is 20.3. The molecule has 1 atom stereocenters. The molecule has 0 aliphatic heterocycles. The van der Waals surface area contributed by atoms with Gasteiger partial charge in [-0.15, -0.1) is 5.10 Å². The molecule has 2 aromatic carbocycles. The van der Waals surface area contributed by atoms with Crippen LogP contribution in [0.2, 0.25) is 0 Å². The second kappa shape index (κ2) is 8.79. The number of carbonyl (C=O) groups is 1. The molecule has 7 nitrogen and oxygen atoms in total. The van der Waals surface area contributed by atoms with Gasteiger partial charge in [0, 0.05) is 29.8 Å². The third-order valence-electron chi connectivity index (χ3n) is 4.83. The molecule has 0 saturated heterocycles. The first-order chi connectivity index (χ1) is 14.6. The van der Waals surface area contributed by atoms with Crippen LogP contribution < -0.4 is 14.8 Å². The van der Waals surface area contributed by atoms with Crippen molar-refractivity contribution in [2.75, 3.05) is 19.5 Å². The number of hydrogen-bond donors (Lipinski definition) is 1. The molecule has 0 radical (unpaired) electrons. The van der Waals surface area contributed by atoms with Crippen molar-refractivity contribution in [2.45, 2.75) is 36.1 Å². The normalized spacial score (nSPS) is 14.2. The van der Waals surface area contributed by atoms with Crippen molar-refractivity contribution in [1.29, 1.82) is 0 Å². The molecule has 1 unspecified atom stereocenters. The van der Waals surface area contributed by atoms with Gasteiger partial charge in [-0.25, -0.2) is 9.67 Å². The van der Waals surface area contributed by atoms with E-state index in [4.69, 9.17) is 14.5 Å². The summed E-state index contributed by atoms with van der Waals surface area (Å²) in [6, 6.07) is 15.2. The number of carbonyl (C=O) groups excluding carboxylic acids is 1. The second-order valence-electron chi connectivity index (χ2n) is 7.12. The summed E-state index contributed by atoms with van der Waals surface area (Å²) in [6.45, 7) is 1.84. The Kier molecular flexibility index (Phi) is 5.94. The maximum Gasteiger partial charge on any atom is 0.237 e. The zero-order valence-electron chi connectivity index (χ0n) is 17.2. The third kappa shape index (κ3) is 4.59. The van der Waals surface area contributed by atoms with Crippen molar-refractivity contribution in [3.05, 3.63) is 54.4 Å². The fraction of sp³-hybridized carbons (Fsp3) is 0.318. The Balaban J connectivity index is 1.49. The van der Waals surface area contributed by atoms with E-state index < -0.39 is 0 Å². The van der Waals surface area contributed by atoms with Gasteiger partial charge in [0.15, 0.2) is 0 Å². The SMILES string of the molecule is COc1cc(NC(=O)C(C)Sc2nc(C3CC3)n(-c3ccccc3)n2)cc(OC)c1. The van der Waals surface area contributed by atoms with Crippen LogP contribution in [0.4, 0.5) is 5.69 Å². The summed E-state index contributed by atoms with van der Waals surface area (Å²) in [6.07, 6.45) is 2.26. The molecule has 1 saturated carbocycles. The number of amides is 1. The summed E-state index contributed by atoms with van der Waals surface area (Å²) in [5.74, 6) is 2.50. The molecule has 1 fully saturated rings. The van der Waals surface area contributed by atoms with Gasteiger partial charge in [-0.1, -0.05) is 30.0 Å². The number of ether oxygens (including phenoxy) is 2. The predicted molar refractivity (Wildman–Crippen MR) is 117 cm³/mol. The highest BCUT2D eigenvalue weighted by molar-refractivity contribution is 8.00. The summed E-state index contributed by atoms with van der Waals surface area (Å²) in [5, 5.41) is 7.82. The van der Waals surface area contributed by atoms with Crippen molar-refractivity contribution < 1.29 is 14.3 Å². The van der Waals surface area contributed by atoms with Gasteiger partial charge in [-0.3, -0.25) is 4.79 Å². The summed E-state index contributed by atoms with van der Waals surface area (Å²) in [7, 11) is 3.15. The van der Waals surface area contributed by atoms with Crippen LogP contribution in [0.5, 0.6) is 11.5 Å². The second-order valence-corrected chi connectivity index (χ2v) is 8.43. The number of thioether (sulfide) groups is 1. The minimum Gasteiger partial charge on any atom is -0.497 e.